The summed E-state index contributed by atoms with van der Waals surface area (Å²) < 4.78 is 5.32. The Kier molecular flexibility index (Phi) is 3.53. The third-order valence-electron chi connectivity index (χ3n) is 2.41. The maximum atomic E-state index is 11.1. The number of methoxy groups -OCH3 is 1. The first-order chi connectivity index (χ1) is 8.60. The fraction of sp³-hybridized carbons (Fsp3) is 0.154. The van der Waals surface area contributed by atoms with E-state index in [1.165, 1.54) is 18.3 Å². The zero-order valence-corrected chi connectivity index (χ0v) is 11.0. The topological polar surface area (TPSA) is 64.3 Å². The average molecular weight is 262 g/mol. The van der Waals surface area contributed by atoms with E-state index in [9.17, 15) is 4.79 Å². The van der Waals surface area contributed by atoms with Gasteiger partial charge in [0.15, 0.2) is 0 Å². The number of ether oxygens (including phenoxy) is 1. The number of thiophene rings is 1. The number of nitrogens with two attached hydrogens (primary N) is 1. The smallest absolute Gasteiger partial charge is 0.221 e. The zero-order valence-electron chi connectivity index (χ0n) is 10.2. The Morgan fingerprint density at radius 1 is 1.33 bits per heavy atom. The third kappa shape index (κ3) is 2.62. The van der Waals surface area contributed by atoms with Crippen LogP contribution in [0.3, 0.4) is 0 Å². The molecule has 0 aliphatic heterocycles. The van der Waals surface area contributed by atoms with E-state index in [1.54, 1.807) is 13.2 Å². The van der Waals surface area contributed by atoms with Crippen LogP contribution in [-0.4, -0.2) is 13.0 Å². The number of carbonyl (C=O) groups is 1. The highest BCUT2D eigenvalue weighted by Crippen LogP contribution is 2.37. The van der Waals surface area contributed by atoms with E-state index >= 15 is 0 Å². The number of benzene rings is 1. The summed E-state index contributed by atoms with van der Waals surface area (Å²) in [5.41, 5.74) is 7.40. The van der Waals surface area contributed by atoms with Gasteiger partial charge in [-0.2, -0.15) is 0 Å². The molecule has 5 heteroatoms. The molecular formula is C13H14N2O2S. The molecule has 0 aliphatic rings. The highest BCUT2D eigenvalue weighted by molar-refractivity contribution is 7.19. The van der Waals surface area contributed by atoms with Crippen LogP contribution in [0.25, 0.3) is 10.4 Å². The molecule has 3 N–H and O–H groups in total. The number of hydrogen-bond acceptors (Lipinski definition) is 4. The summed E-state index contributed by atoms with van der Waals surface area (Å²) in [5, 5.41) is 3.50. The summed E-state index contributed by atoms with van der Waals surface area (Å²) in [6.07, 6.45) is 0. The molecule has 18 heavy (non-hydrogen) atoms. The SMILES string of the molecule is COc1ccc(NC(C)=O)cc1-c1ccc(N)s1. The van der Waals surface area contributed by atoms with Crippen LogP contribution in [0.2, 0.25) is 0 Å². The van der Waals surface area contributed by atoms with Crippen LogP contribution < -0.4 is 15.8 Å². The zero-order chi connectivity index (χ0) is 13.1. The largest absolute Gasteiger partial charge is 0.496 e. The van der Waals surface area contributed by atoms with Crippen LogP contribution in [0.15, 0.2) is 30.3 Å². The summed E-state index contributed by atoms with van der Waals surface area (Å²) in [5.74, 6) is 0.655. The van der Waals surface area contributed by atoms with E-state index < -0.39 is 0 Å². The van der Waals surface area contributed by atoms with Gasteiger partial charge in [0.2, 0.25) is 5.91 Å². The molecule has 0 bridgehead atoms. The van der Waals surface area contributed by atoms with E-state index in [1.807, 2.05) is 24.3 Å². The maximum Gasteiger partial charge on any atom is 0.221 e. The van der Waals surface area contributed by atoms with Crippen LogP contribution in [0.5, 0.6) is 5.75 Å². The van der Waals surface area contributed by atoms with Crippen LogP contribution in [0.4, 0.5) is 10.7 Å². The number of carbonyl (C=O) groups excluding carboxylic acids is 1. The molecule has 2 rings (SSSR count). The second-order valence-corrected chi connectivity index (χ2v) is 4.91. The molecular weight excluding hydrogens is 248 g/mol. The Morgan fingerprint density at radius 2 is 2.11 bits per heavy atom. The van der Waals surface area contributed by atoms with Crippen molar-refractivity contribution in [2.75, 3.05) is 18.2 Å². The van der Waals surface area contributed by atoms with Gasteiger partial charge in [0.1, 0.15) is 5.75 Å². The Morgan fingerprint density at radius 3 is 2.67 bits per heavy atom. The molecule has 0 saturated carbocycles. The predicted octanol–water partition coefficient (Wildman–Crippen LogP) is 2.96. The van der Waals surface area contributed by atoms with E-state index in [-0.39, 0.29) is 5.91 Å². The van der Waals surface area contributed by atoms with Crippen LogP contribution in [-0.2, 0) is 4.79 Å². The van der Waals surface area contributed by atoms with Crippen LogP contribution in [0, 0.1) is 0 Å². The van der Waals surface area contributed by atoms with Crippen molar-refractivity contribution >= 4 is 27.9 Å². The molecule has 0 saturated heterocycles. The molecule has 0 aliphatic carbocycles. The molecule has 2 aromatic rings. The van der Waals surface area contributed by atoms with Crippen molar-refractivity contribution in [1.29, 1.82) is 0 Å². The van der Waals surface area contributed by atoms with Gasteiger partial charge in [0, 0.05) is 23.1 Å². The molecule has 94 valence electrons. The summed E-state index contributed by atoms with van der Waals surface area (Å²) >= 11 is 1.48. The van der Waals surface area contributed by atoms with E-state index in [0.29, 0.717) is 0 Å². The van der Waals surface area contributed by atoms with Gasteiger partial charge in [-0.3, -0.25) is 4.79 Å². The molecule has 4 nitrogen and oxygen atoms in total. The molecule has 0 atom stereocenters. The van der Waals surface area contributed by atoms with E-state index in [4.69, 9.17) is 10.5 Å². The molecule has 1 aromatic carbocycles. The minimum Gasteiger partial charge on any atom is -0.496 e. The van der Waals surface area contributed by atoms with Crippen molar-refractivity contribution < 1.29 is 9.53 Å². The lowest BCUT2D eigenvalue weighted by molar-refractivity contribution is -0.114. The highest BCUT2D eigenvalue weighted by atomic mass is 32.1. The molecule has 0 fully saturated rings. The lowest BCUT2D eigenvalue weighted by Crippen LogP contribution is -2.05. The summed E-state index contributed by atoms with van der Waals surface area (Å²) in [6.45, 7) is 1.48. The van der Waals surface area contributed by atoms with Crippen molar-refractivity contribution in [2.24, 2.45) is 0 Å². The van der Waals surface area contributed by atoms with Gasteiger partial charge in [-0.15, -0.1) is 11.3 Å². The summed E-state index contributed by atoms with van der Waals surface area (Å²) in [7, 11) is 1.62. The molecule has 0 spiro atoms. The van der Waals surface area contributed by atoms with Gasteiger partial charge in [0.25, 0.3) is 0 Å². The minimum absolute atomic E-state index is 0.100. The fourth-order valence-electron chi connectivity index (χ4n) is 1.68. The molecule has 1 aromatic heterocycles. The van der Waals surface area contributed by atoms with Gasteiger partial charge in [0.05, 0.1) is 12.1 Å². The Balaban J connectivity index is 2.45. The number of anilines is 2. The van der Waals surface area contributed by atoms with Gasteiger partial charge in [-0.25, -0.2) is 0 Å². The molecule has 1 heterocycles. The highest BCUT2D eigenvalue weighted by Gasteiger charge is 2.09. The summed E-state index contributed by atoms with van der Waals surface area (Å²) in [6, 6.07) is 9.31. The number of hydrogen-bond donors (Lipinski definition) is 2. The monoisotopic (exact) mass is 262 g/mol. The van der Waals surface area contributed by atoms with Crippen molar-refractivity contribution in [1.82, 2.24) is 0 Å². The van der Waals surface area contributed by atoms with Crippen molar-refractivity contribution in [2.45, 2.75) is 6.92 Å². The lowest BCUT2D eigenvalue weighted by atomic mass is 10.1. The first-order valence-corrected chi connectivity index (χ1v) is 6.23. The van der Waals surface area contributed by atoms with Crippen LogP contribution in [0.1, 0.15) is 6.92 Å². The average Bonchev–Trinajstić information content (AvgIpc) is 2.75. The van der Waals surface area contributed by atoms with Gasteiger partial charge < -0.3 is 15.8 Å². The summed E-state index contributed by atoms with van der Waals surface area (Å²) in [4.78, 5) is 12.1. The van der Waals surface area contributed by atoms with E-state index in [2.05, 4.69) is 5.32 Å². The number of nitrogens with one attached hydrogen (secondary N) is 1. The number of rotatable bonds is 3. The van der Waals surface area contributed by atoms with Gasteiger partial charge in [-0.05, 0) is 30.3 Å². The molecule has 0 unspecified atom stereocenters. The Hall–Kier alpha value is -2.01. The number of amides is 1. The van der Waals surface area contributed by atoms with Crippen molar-refractivity contribution in [3.05, 3.63) is 30.3 Å². The van der Waals surface area contributed by atoms with Crippen molar-refractivity contribution in [3.8, 4) is 16.2 Å². The van der Waals surface area contributed by atoms with E-state index in [0.717, 1.165) is 26.9 Å². The van der Waals surface area contributed by atoms with Crippen molar-refractivity contribution in [3.63, 3.8) is 0 Å². The second kappa shape index (κ2) is 5.10. The first-order valence-electron chi connectivity index (χ1n) is 5.41. The predicted molar refractivity (Wildman–Crippen MR) is 75.0 cm³/mol. The van der Waals surface area contributed by atoms with Gasteiger partial charge >= 0.3 is 0 Å². The second-order valence-electron chi connectivity index (χ2n) is 3.80. The van der Waals surface area contributed by atoms with Gasteiger partial charge in [-0.1, -0.05) is 0 Å². The normalized spacial score (nSPS) is 10.1. The standard InChI is InChI=1S/C13H14N2O2S/c1-8(16)15-9-3-4-11(17-2)10(7-9)12-5-6-13(14)18-12/h3-7H,14H2,1-2H3,(H,15,16). The minimum atomic E-state index is -0.100. The van der Waals surface area contributed by atoms with Crippen LogP contribution >= 0.6 is 11.3 Å². The maximum absolute atomic E-state index is 11.1. The Bertz CT molecular complexity index is 578. The quantitative estimate of drug-likeness (QED) is 0.893. The molecule has 0 radical (unpaired) electrons. The molecule has 1 amide bonds. The first kappa shape index (κ1) is 12.4. The Labute approximate surface area is 109 Å². The lowest BCUT2D eigenvalue weighted by Gasteiger charge is -2.09. The third-order valence-corrected chi connectivity index (χ3v) is 3.36. The number of nitrogen functional groups attached to an aromatic ring is 1. The fourth-order valence-corrected chi connectivity index (χ4v) is 2.47.